The Balaban J connectivity index is 3.44. The summed E-state index contributed by atoms with van der Waals surface area (Å²) in [7, 11) is 0. The summed E-state index contributed by atoms with van der Waals surface area (Å²) in [5.41, 5.74) is 0. The van der Waals surface area contributed by atoms with Crippen molar-refractivity contribution in [2.45, 2.75) is 264 Å². The lowest BCUT2D eigenvalue weighted by atomic mass is 10.0. The van der Waals surface area contributed by atoms with Gasteiger partial charge in [0.15, 0.2) is 6.10 Å². The van der Waals surface area contributed by atoms with Gasteiger partial charge in [-0.05, 0) is 12.8 Å². The minimum absolute atomic E-state index is 0.0564. The topological polar surface area (TPSA) is 72.8 Å². The van der Waals surface area contributed by atoms with Gasteiger partial charge in [-0.2, -0.15) is 0 Å². The van der Waals surface area contributed by atoms with E-state index < -0.39 is 6.10 Å². The summed E-state index contributed by atoms with van der Waals surface area (Å²) >= 11 is 0. The van der Waals surface area contributed by atoms with Gasteiger partial charge in [-0.25, -0.2) is 0 Å². The van der Waals surface area contributed by atoms with Crippen molar-refractivity contribution in [3.8, 4) is 0 Å². The average molecular weight is 709 g/mol. The van der Waals surface area contributed by atoms with Gasteiger partial charge >= 0.3 is 11.9 Å². The van der Waals surface area contributed by atoms with E-state index in [-0.39, 0.29) is 25.2 Å². The van der Waals surface area contributed by atoms with Crippen LogP contribution < -0.4 is 0 Å². The predicted molar refractivity (Wildman–Crippen MR) is 215 cm³/mol. The second kappa shape index (κ2) is 42.3. The van der Waals surface area contributed by atoms with E-state index in [1.165, 1.54) is 199 Å². The standard InChI is InChI=1S/C45H88O5/c1-3-5-7-9-11-13-15-17-19-20-21-22-23-24-26-28-30-32-34-36-38-40-45(48)50-43(41-46)42-49-44(47)39-37-35-33-31-29-27-25-18-16-14-12-10-8-6-4-2/h43,46H,3-42H2,1-2H3/t43-/m0/s1. The first-order valence-electron chi connectivity index (χ1n) is 22.6. The van der Waals surface area contributed by atoms with Crippen molar-refractivity contribution in [3.05, 3.63) is 0 Å². The van der Waals surface area contributed by atoms with Crippen LogP contribution in [-0.4, -0.2) is 36.4 Å². The summed E-state index contributed by atoms with van der Waals surface area (Å²) in [6, 6.07) is 0. The van der Waals surface area contributed by atoms with Crippen LogP contribution in [0.25, 0.3) is 0 Å². The third kappa shape index (κ3) is 39.7. The maximum Gasteiger partial charge on any atom is 0.306 e. The molecule has 1 atom stereocenters. The molecule has 0 bridgehead atoms. The van der Waals surface area contributed by atoms with E-state index in [0.29, 0.717) is 12.8 Å². The molecule has 0 amide bonds. The van der Waals surface area contributed by atoms with Crippen LogP contribution in [0.5, 0.6) is 0 Å². The van der Waals surface area contributed by atoms with Gasteiger partial charge in [0, 0.05) is 12.8 Å². The van der Waals surface area contributed by atoms with Gasteiger partial charge in [0.05, 0.1) is 6.61 Å². The van der Waals surface area contributed by atoms with E-state index >= 15 is 0 Å². The zero-order valence-corrected chi connectivity index (χ0v) is 33.9. The molecule has 5 nitrogen and oxygen atoms in total. The number of carbonyl (C=O) groups excluding carboxylic acids is 2. The van der Waals surface area contributed by atoms with Crippen LogP contribution in [-0.2, 0) is 19.1 Å². The first-order chi connectivity index (χ1) is 24.6. The fourth-order valence-electron chi connectivity index (χ4n) is 6.97. The average Bonchev–Trinajstić information content (AvgIpc) is 3.12. The molecule has 0 rings (SSSR count). The predicted octanol–water partition coefficient (Wildman–Crippen LogP) is 14.3. The Kier molecular flexibility index (Phi) is 41.4. The van der Waals surface area contributed by atoms with Gasteiger partial charge in [-0.1, -0.05) is 232 Å². The summed E-state index contributed by atoms with van der Waals surface area (Å²) in [4.78, 5) is 24.3. The summed E-state index contributed by atoms with van der Waals surface area (Å²) < 4.78 is 10.6. The smallest absolute Gasteiger partial charge is 0.306 e. The monoisotopic (exact) mass is 709 g/mol. The van der Waals surface area contributed by atoms with E-state index in [2.05, 4.69) is 13.8 Å². The number of aliphatic hydroxyl groups excluding tert-OH is 1. The molecule has 0 fully saturated rings. The van der Waals surface area contributed by atoms with Crippen LogP contribution in [0.1, 0.15) is 258 Å². The number of rotatable bonds is 42. The van der Waals surface area contributed by atoms with Gasteiger partial charge in [0.2, 0.25) is 0 Å². The molecule has 298 valence electrons. The summed E-state index contributed by atoms with van der Waals surface area (Å²) in [6.45, 7) is 4.18. The molecule has 1 N–H and O–H groups in total. The molecule has 0 heterocycles. The third-order valence-corrected chi connectivity index (χ3v) is 10.4. The molecule has 0 radical (unpaired) electrons. The quantitative estimate of drug-likeness (QED) is 0.0505. The summed E-state index contributed by atoms with van der Waals surface area (Å²) in [5, 5.41) is 9.58. The Bertz CT molecular complexity index is 680. The molecule has 0 unspecified atom stereocenters. The first-order valence-corrected chi connectivity index (χ1v) is 22.6. The normalized spacial score (nSPS) is 12.0. The third-order valence-electron chi connectivity index (χ3n) is 10.4. The molecule has 0 saturated heterocycles. The van der Waals surface area contributed by atoms with E-state index in [0.717, 1.165) is 32.1 Å². The van der Waals surface area contributed by atoms with Gasteiger partial charge in [-0.15, -0.1) is 0 Å². The lowest BCUT2D eigenvalue weighted by Gasteiger charge is -2.15. The van der Waals surface area contributed by atoms with Crippen LogP contribution in [0, 0.1) is 0 Å². The van der Waals surface area contributed by atoms with Crippen LogP contribution in [0.3, 0.4) is 0 Å². The number of ether oxygens (including phenoxy) is 2. The summed E-state index contributed by atoms with van der Waals surface area (Å²) in [5.74, 6) is -0.571. The second-order valence-corrected chi connectivity index (χ2v) is 15.5. The van der Waals surface area contributed by atoms with Crippen molar-refractivity contribution < 1.29 is 24.2 Å². The summed E-state index contributed by atoms with van der Waals surface area (Å²) in [6.07, 6.45) is 47.5. The van der Waals surface area contributed by atoms with Crippen molar-refractivity contribution in [2.75, 3.05) is 13.2 Å². The van der Waals surface area contributed by atoms with Crippen LogP contribution >= 0.6 is 0 Å². The molecule has 0 saturated carbocycles. The minimum Gasteiger partial charge on any atom is -0.462 e. The van der Waals surface area contributed by atoms with Crippen molar-refractivity contribution in [3.63, 3.8) is 0 Å². The van der Waals surface area contributed by atoms with E-state index in [1.807, 2.05) is 0 Å². The lowest BCUT2D eigenvalue weighted by molar-refractivity contribution is -0.161. The Morgan fingerprint density at radius 3 is 0.880 bits per heavy atom. The molecule has 0 aliphatic heterocycles. The number of esters is 2. The fourth-order valence-corrected chi connectivity index (χ4v) is 6.97. The molecular weight excluding hydrogens is 620 g/mol. The number of hydrogen-bond donors (Lipinski definition) is 1. The highest BCUT2D eigenvalue weighted by molar-refractivity contribution is 5.70. The molecule has 5 heteroatoms. The maximum atomic E-state index is 12.2. The molecule has 0 aliphatic rings. The number of unbranched alkanes of at least 4 members (excludes halogenated alkanes) is 34. The van der Waals surface area contributed by atoms with Crippen LogP contribution in [0.2, 0.25) is 0 Å². The van der Waals surface area contributed by atoms with Gasteiger partial charge < -0.3 is 14.6 Å². The molecule has 0 spiro atoms. The lowest BCUT2D eigenvalue weighted by Crippen LogP contribution is -2.28. The van der Waals surface area contributed by atoms with Crippen molar-refractivity contribution in [1.82, 2.24) is 0 Å². The van der Waals surface area contributed by atoms with E-state index in [1.54, 1.807) is 0 Å². The highest BCUT2D eigenvalue weighted by Crippen LogP contribution is 2.17. The minimum atomic E-state index is -0.762. The molecule has 0 aromatic heterocycles. The van der Waals surface area contributed by atoms with Gasteiger partial charge in [0.1, 0.15) is 6.61 Å². The largest absolute Gasteiger partial charge is 0.462 e. The Morgan fingerprint density at radius 1 is 0.380 bits per heavy atom. The highest BCUT2D eigenvalue weighted by atomic mass is 16.6. The molecule has 0 aromatic rings. The second-order valence-electron chi connectivity index (χ2n) is 15.5. The van der Waals surface area contributed by atoms with Gasteiger partial charge in [0.25, 0.3) is 0 Å². The van der Waals surface area contributed by atoms with Crippen LogP contribution in [0.4, 0.5) is 0 Å². The fraction of sp³-hybridized carbons (Fsp3) is 0.956. The number of carbonyl (C=O) groups is 2. The van der Waals surface area contributed by atoms with E-state index in [9.17, 15) is 14.7 Å². The molecule has 0 aliphatic carbocycles. The molecule has 50 heavy (non-hydrogen) atoms. The Hall–Kier alpha value is -1.10. The molecular formula is C45H88O5. The van der Waals surface area contributed by atoms with Crippen molar-refractivity contribution in [1.29, 1.82) is 0 Å². The van der Waals surface area contributed by atoms with Crippen molar-refractivity contribution >= 4 is 11.9 Å². The van der Waals surface area contributed by atoms with Crippen molar-refractivity contribution in [2.24, 2.45) is 0 Å². The van der Waals surface area contributed by atoms with Gasteiger partial charge in [-0.3, -0.25) is 9.59 Å². The Labute approximate surface area is 312 Å². The van der Waals surface area contributed by atoms with E-state index in [4.69, 9.17) is 9.47 Å². The SMILES string of the molecule is CCCCCCCCCCCCCCCCCCCCCCCC(=O)O[C@@H](CO)COC(=O)CCCCCCCCCCCCCCCCC. The highest BCUT2D eigenvalue weighted by Gasteiger charge is 2.16. The maximum absolute atomic E-state index is 12.2. The number of hydrogen-bond acceptors (Lipinski definition) is 5. The zero-order valence-electron chi connectivity index (χ0n) is 33.9. The first kappa shape index (κ1) is 48.9. The zero-order chi connectivity index (χ0) is 36.4. The number of aliphatic hydroxyl groups is 1. The molecule has 0 aromatic carbocycles. The Morgan fingerprint density at radius 2 is 0.620 bits per heavy atom. The van der Waals surface area contributed by atoms with Crippen LogP contribution in [0.15, 0.2) is 0 Å².